The van der Waals surface area contributed by atoms with Gasteiger partial charge in [-0.3, -0.25) is 9.36 Å². The van der Waals surface area contributed by atoms with Crippen LogP contribution >= 0.6 is 11.3 Å². The van der Waals surface area contributed by atoms with E-state index in [0.29, 0.717) is 23.5 Å². The Balaban J connectivity index is 1.74. The van der Waals surface area contributed by atoms with Crippen LogP contribution in [0.15, 0.2) is 40.8 Å². The van der Waals surface area contributed by atoms with Crippen molar-refractivity contribution in [3.63, 3.8) is 0 Å². The maximum absolute atomic E-state index is 13.1. The van der Waals surface area contributed by atoms with Crippen molar-refractivity contribution in [1.82, 2.24) is 9.55 Å². The standard InChI is InChI=1S/C15H14FN3OS/c1-10-8-21-14-13(10)18-9-19(15(14)20)6-5-17-12-4-2-3-11(16)7-12/h2-4,7-9,17H,5-6H2,1H3. The molecule has 2 heterocycles. The molecule has 6 heteroatoms. The normalized spacial score (nSPS) is 11.0. The SMILES string of the molecule is Cc1csc2c(=O)n(CCNc3cccc(F)c3)cnc12. The number of nitrogens with zero attached hydrogens (tertiary/aromatic N) is 2. The van der Waals surface area contributed by atoms with Crippen LogP contribution in [0.2, 0.25) is 0 Å². The zero-order valence-electron chi connectivity index (χ0n) is 11.5. The van der Waals surface area contributed by atoms with Gasteiger partial charge in [0.1, 0.15) is 10.5 Å². The van der Waals surface area contributed by atoms with Crippen molar-refractivity contribution in [2.45, 2.75) is 13.5 Å². The molecule has 0 aliphatic rings. The quantitative estimate of drug-likeness (QED) is 0.806. The summed E-state index contributed by atoms with van der Waals surface area (Å²) in [6.07, 6.45) is 1.57. The van der Waals surface area contributed by atoms with Crippen LogP contribution in [0, 0.1) is 12.7 Å². The summed E-state index contributed by atoms with van der Waals surface area (Å²) in [6.45, 7) is 2.96. The first kappa shape index (κ1) is 13.8. The molecule has 0 spiro atoms. The van der Waals surface area contributed by atoms with Crippen LogP contribution < -0.4 is 10.9 Å². The van der Waals surface area contributed by atoms with Crippen molar-refractivity contribution in [1.29, 1.82) is 0 Å². The van der Waals surface area contributed by atoms with E-state index in [1.807, 2.05) is 12.3 Å². The molecule has 21 heavy (non-hydrogen) atoms. The molecule has 0 saturated carbocycles. The lowest BCUT2D eigenvalue weighted by Crippen LogP contribution is -2.23. The van der Waals surface area contributed by atoms with E-state index in [1.165, 1.54) is 23.5 Å². The van der Waals surface area contributed by atoms with E-state index in [9.17, 15) is 9.18 Å². The van der Waals surface area contributed by atoms with E-state index < -0.39 is 0 Å². The van der Waals surface area contributed by atoms with E-state index in [0.717, 1.165) is 11.1 Å². The number of thiophene rings is 1. The predicted molar refractivity (Wildman–Crippen MR) is 83.5 cm³/mol. The molecule has 0 atom stereocenters. The molecule has 0 aliphatic carbocycles. The summed E-state index contributed by atoms with van der Waals surface area (Å²) in [5, 5.41) is 5.03. The first-order valence-corrected chi connectivity index (χ1v) is 7.46. The van der Waals surface area contributed by atoms with Gasteiger partial charge in [-0.2, -0.15) is 0 Å². The second-order valence-corrected chi connectivity index (χ2v) is 5.66. The number of fused-ring (bicyclic) bond motifs is 1. The predicted octanol–water partition coefficient (Wildman–Crippen LogP) is 3.02. The molecule has 1 aromatic carbocycles. The molecule has 3 rings (SSSR count). The highest BCUT2D eigenvalue weighted by molar-refractivity contribution is 7.17. The van der Waals surface area contributed by atoms with Crippen molar-refractivity contribution >= 4 is 27.2 Å². The second kappa shape index (κ2) is 5.65. The summed E-state index contributed by atoms with van der Waals surface area (Å²) in [5.74, 6) is -0.283. The number of benzene rings is 1. The van der Waals surface area contributed by atoms with Gasteiger partial charge in [0.25, 0.3) is 5.56 Å². The molecule has 0 saturated heterocycles. The number of hydrogen-bond donors (Lipinski definition) is 1. The van der Waals surface area contributed by atoms with Crippen LogP contribution in [-0.2, 0) is 6.54 Å². The first-order chi connectivity index (χ1) is 10.1. The van der Waals surface area contributed by atoms with E-state index in [-0.39, 0.29) is 11.4 Å². The number of nitrogens with one attached hydrogen (secondary N) is 1. The lowest BCUT2D eigenvalue weighted by atomic mass is 10.3. The number of rotatable bonds is 4. The van der Waals surface area contributed by atoms with E-state index >= 15 is 0 Å². The minimum atomic E-state index is -0.283. The first-order valence-electron chi connectivity index (χ1n) is 6.58. The van der Waals surface area contributed by atoms with Gasteiger partial charge < -0.3 is 5.32 Å². The number of halogens is 1. The molecular weight excluding hydrogens is 289 g/mol. The van der Waals surface area contributed by atoms with Gasteiger partial charge >= 0.3 is 0 Å². The smallest absolute Gasteiger partial charge is 0.271 e. The fourth-order valence-electron chi connectivity index (χ4n) is 2.14. The van der Waals surface area contributed by atoms with Crippen molar-refractivity contribution in [3.8, 4) is 0 Å². The van der Waals surface area contributed by atoms with E-state index in [2.05, 4.69) is 10.3 Å². The Morgan fingerprint density at radius 3 is 3.10 bits per heavy atom. The van der Waals surface area contributed by atoms with Crippen molar-refractivity contribution in [3.05, 3.63) is 57.7 Å². The minimum Gasteiger partial charge on any atom is -0.383 e. The minimum absolute atomic E-state index is 0.0286. The molecule has 4 nitrogen and oxygen atoms in total. The Hall–Kier alpha value is -2.21. The maximum Gasteiger partial charge on any atom is 0.271 e. The summed E-state index contributed by atoms with van der Waals surface area (Å²) in [4.78, 5) is 16.6. The van der Waals surface area contributed by atoms with Crippen LogP contribution in [0.25, 0.3) is 10.2 Å². The van der Waals surface area contributed by atoms with Crippen LogP contribution in [0.3, 0.4) is 0 Å². The Labute approximate surface area is 124 Å². The fourth-order valence-corrected chi connectivity index (χ4v) is 3.09. The zero-order valence-corrected chi connectivity index (χ0v) is 12.3. The number of aryl methyl sites for hydroxylation is 1. The average molecular weight is 303 g/mol. The Morgan fingerprint density at radius 2 is 2.29 bits per heavy atom. The Bertz CT molecular complexity index is 840. The molecule has 0 unspecified atom stereocenters. The lowest BCUT2D eigenvalue weighted by Gasteiger charge is -2.08. The van der Waals surface area contributed by atoms with Crippen LogP contribution in [-0.4, -0.2) is 16.1 Å². The van der Waals surface area contributed by atoms with E-state index in [4.69, 9.17) is 0 Å². The highest BCUT2D eigenvalue weighted by Gasteiger charge is 2.07. The van der Waals surface area contributed by atoms with Crippen LogP contribution in [0.5, 0.6) is 0 Å². The highest BCUT2D eigenvalue weighted by Crippen LogP contribution is 2.19. The maximum atomic E-state index is 13.1. The lowest BCUT2D eigenvalue weighted by molar-refractivity contribution is 0.627. The molecule has 2 aromatic heterocycles. The molecule has 108 valence electrons. The zero-order chi connectivity index (χ0) is 14.8. The second-order valence-electron chi connectivity index (χ2n) is 4.78. The Morgan fingerprint density at radius 1 is 1.43 bits per heavy atom. The number of anilines is 1. The molecule has 1 N–H and O–H groups in total. The summed E-state index contributed by atoms with van der Waals surface area (Å²) in [5.41, 5.74) is 2.47. The van der Waals surface area contributed by atoms with Gasteiger partial charge in [0.05, 0.1) is 11.8 Å². The van der Waals surface area contributed by atoms with Crippen molar-refractivity contribution in [2.24, 2.45) is 0 Å². The molecule has 3 aromatic rings. The molecule has 0 aliphatic heterocycles. The molecule has 0 fully saturated rings. The summed E-state index contributed by atoms with van der Waals surface area (Å²) < 4.78 is 15.3. The summed E-state index contributed by atoms with van der Waals surface area (Å²) in [7, 11) is 0. The van der Waals surface area contributed by atoms with Crippen LogP contribution in [0.1, 0.15) is 5.56 Å². The van der Waals surface area contributed by atoms with Crippen LogP contribution in [0.4, 0.5) is 10.1 Å². The number of aromatic nitrogens is 2. The van der Waals surface area contributed by atoms with Crippen molar-refractivity contribution < 1.29 is 4.39 Å². The third-order valence-corrected chi connectivity index (χ3v) is 4.30. The third-order valence-electron chi connectivity index (χ3n) is 3.23. The molecule has 0 radical (unpaired) electrons. The van der Waals surface area contributed by atoms with Gasteiger partial charge in [-0.05, 0) is 36.1 Å². The van der Waals surface area contributed by atoms with Crippen molar-refractivity contribution in [2.75, 3.05) is 11.9 Å². The Kier molecular flexibility index (Phi) is 3.70. The fraction of sp³-hybridized carbons (Fsp3) is 0.200. The molecular formula is C15H14FN3OS. The van der Waals surface area contributed by atoms with Gasteiger partial charge in [-0.1, -0.05) is 6.07 Å². The molecule has 0 bridgehead atoms. The topological polar surface area (TPSA) is 46.9 Å². The van der Waals surface area contributed by atoms with Gasteiger partial charge in [0, 0.05) is 18.8 Å². The van der Waals surface area contributed by atoms with Gasteiger partial charge in [-0.15, -0.1) is 11.3 Å². The average Bonchev–Trinajstić information content (AvgIpc) is 2.84. The monoisotopic (exact) mass is 303 g/mol. The summed E-state index contributed by atoms with van der Waals surface area (Å²) in [6, 6.07) is 6.25. The number of hydrogen-bond acceptors (Lipinski definition) is 4. The third kappa shape index (κ3) is 2.80. The van der Waals surface area contributed by atoms with Gasteiger partial charge in [-0.25, -0.2) is 9.37 Å². The largest absolute Gasteiger partial charge is 0.383 e. The van der Waals surface area contributed by atoms with E-state index in [1.54, 1.807) is 23.0 Å². The highest BCUT2D eigenvalue weighted by atomic mass is 32.1. The van der Waals surface area contributed by atoms with Gasteiger partial charge in [0.15, 0.2) is 0 Å². The van der Waals surface area contributed by atoms with Gasteiger partial charge in [0.2, 0.25) is 0 Å². The molecule has 0 amide bonds. The summed E-state index contributed by atoms with van der Waals surface area (Å²) >= 11 is 1.42.